The summed E-state index contributed by atoms with van der Waals surface area (Å²) in [6, 6.07) is 18.3. The van der Waals surface area contributed by atoms with Crippen molar-refractivity contribution in [3.8, 4) is 5.75 Å². The number of azo groups is 1. The molecule has 0 radical (unpaired) electrons. The molecule has 0 aliphatic carbocycles. The van der Waals surface area contributed by atoms with Crippen molar-refractivity contribution in [1.82, 2.24) is 0 Å². The molecule has 216 valence electrons. The van der Waals surface area contributed by atoms with E-state index in [1.165, 1.54) is 24.3 Å². The van der Waals surface area contributed by atoms with Crippen LogP contribution in [0, 0.1) is 0 Å². The van der Waals surface area contributed by atoms with Crippen LogP contribution in [-0.2, 0) is 30.4 Å². The first-order valence-corrected chi connectivity index (χ1v) is 15.8. The van der Waals surface area contributed by atoms with Gasteiger partial charge in [0.25, 0.3) is 0 Å². The summed E-state index contributed by atoms with van der Waals surface area (Å²) in [6.07, 6.45) is 0. The maximum atomic E-state index is 12.1. The Kier molecular flexibility index (Phi) is 13.4. The van der Waals surface area contributed by atoms with E-state index >= 15 is 0 Å². The van der Waals surface area contributed by atoms with Gasteiger partial charge in [-0.15, -0.1) is 10.2 Å². The standard InChI is InChI=1S/C26H19N3O10S3.3Na/c30-22-11-12-23(41(34,35)36)18-13-16(40(31,32)33)14-21(25(18)22)29-28-19-9-10-20(27-15-5-2-1-3-6-15)26-17(19)7-4-8-24(26)42(37,38)39;;;/h1-14,27,30H,(H,31,32,33)(H,34,35,36)(H,37,38,39);;;/q;3*+1/p-3. The zero-order valence-electron chi connectivity index (χ0n) is 23.8. The number of para-hydroxylation sites is 1. The average Bonchev–Trinajstić information content (AvgIpc) is 2.91. The SMILES string of the molecule is O=S(=O)([O-])c1cc(N=Nc2ccc(Nc3ccccc3)c3c(S(=O)(=O)[O-])cccc23)c2c(O)ccc(S(=O)(=O)[O-])c2c1.[Na+].[Na+].[Na+]. The summed E-state index contributed by atoms with van der Waals surface area (Å²) in [5, 5.41) is 20.6. The Morgan fingerprint density at radius 2 is 1.20 bits per heavy atom. The van der Waals surface area contributed by atoms with Crippen LogP contribution in [0.15, 0.2) is 110 Å². The van der Waals surface area contributed by atoms with E-state index < -0.39 is 67.3 Å². The Balaban J connectivity index is 0.00000235. The number of aromatic hydroxyl groups is 1. The Morgan fingerprint density at radius 1 is 0.578 bits per heavy atom. The molecule has 0 aliphatic rings. The second-order valence-electron chi connectivity index (χ2n) is 8.81. The van der Waals surface area contributed by atoms with Gasteiger partial charge >= 0.3 is 88.7 Å². The van der Waals surface area contributed by atoms with Crippen molar-refractivity contribution < 1.29 is 133 Å². The van der Waals surface area contributed by atoms with Crippen LogP contribution in [-0.4, -0.2) is 44.0 Å². The molecule has 0 bridgehead atoms. The number of fused-ring (bicyclic) bond motifs is 2. The quantitative estimate of drug-likeness (QED) is 0.0938. The van der Waals surface area contributed by atoms with Crippen LogP contribution in [0.1, 0.15) is 0 Å². The van der Waals surface area contributed by atoms with Gasteiger partial charge in [0.1, 0.15) is 36.1 Å². The molecule has 2 N–H and O–H groups in total. The van der Waals surface area contributed by atoms with Gasteiger partial charge in [-0.1, -0.05) is 30.3 Å². The van der Waals surface area contributed by atoms with Gasteiger partial charge in [0, 0.05) is 27.5 Å². The van der Waals surface area contributed by atoms with Crippen LogP contribution in [0.3, 0.4) is 0 Å². The Labute approximate surface area is 324 Å². The van der Waals surface area contributed by atoms with Crippen molar-refractivity contribution >= 4 is 74.6 Å². The largest absolute Gasteiger partial charge is 1.00 e. The molecule has 13 nitrogen and oxygen atoms in total. The van der Waals surface area contributed by atoms with E-state index in [1.54, 1.807) is 30.3 Å². The number of hydrogen-bond acceptors (Lipinski definition) is 13. The van der Waals surface area contributed by atoms with Crippen molar-refractivity contribution in [1.29, 1.82) is 0 Å². The number of phenols is 1. The molecule has 0 unspecified atom stereocenters. The van der Waals surface area contributed by atoms with Crippen molar-refractivity contribution in [3.05, 3.63) is 84.9 Å². The molecule has 0 saturated heterocycles. The van der Waals surface area contributed by atoms with Gasteiger partial charge in [-0.2, -0.15) is 0 Å². The third kappa shape index (κ3) is 8.72. The first kappa shape index (κ1) is 39.7. The summed E-state index contributed by atoms with van der Waals surface area (Å²) in [7, 11) is -15.4. The molecule has 5 rings (SSSR count). The number of rotatable bonds is 7. The fourth-order valence-electron chi connectivity index (χ4n) is 4.38. The maximum absolute atomic E-state index is 12.1. The number of nitrogens with zero attached hydrogens (tertiary/aromatic N) is 2. The predicted molar refractivity (Wildman–Crippen MR) is 147 cm³/mol. The molecule has 5 aromatic rings. The molecule has 0 amide bonds. The van der Waals surface area contributed by atoms with Crippen molar-refractivity contribution in [3.63, 3.8) is 0 Å². The molecule has 19 heteroatoms. The normalized spacial score (nSPS) is 11.9. The summed E-state index contributed by atoms with van der Waals surface area (Å²) in [5.41, 5.74) is 0.299. The summed E-state index contributed by atoms with van der Waals surface area (Å²) >= 11 is 0. The second-order valence-corrected chi connectivity index (χ2v) is 12.9. The van der Waals surface area contributed by atoms with Gasteiger partial charge in [-0.3, -0.25) is 0 Å². The Bertz CT molecular complexity index is 2270. The summed E-state index contributed by atoms with van der Waals surface area (Å²) in [6.45, 7) is 0. The molecular formula is C26H16N3Na3O10S3. The minimum absolute atomic E-state index is 0. The molecule has 0 saturated carbocycles. The van der Waals surface area contributed by atoms with Crippen LogP contribution in [0.5, 0.6) is 5.75 Å². The summed E-state index contributed by atoms with van der Waals surface area (Å²) < 4.78 is 107. The van der Waals surface area contributed by atoms with Crippen LogP contribution >= 0.6 is 0 Å². The van der Waals surface area contributed by atoms with E-state index in [2.05, 4.69) is 15.5 Å². The number of hydrogen-bond donors (Lipinski definition) is 2. The molecule has 45 heavy (non-hydrogen) atoms. The van der Waals surface area contributed by atoms with Crippen molar-refractivity contribution in [2.45, 2.75) is 14.7 Å². The predicted octanol–water partition coefficient (Wildman–Crippen LogP) is -4.42. The zero-order valence-corrected chi connectivity index (χ0v) is 32.3. The van der Waals surface area contributed by atoms with E-state index in [1.807, 2.05) is 0 Å². The Hall–Kier alpha value is -1.45. The van der Waals surface area contributed by atoms with Crippen molar-refractivity contribution in [2.75, 3.05) is 5.32 Å². The van der Waals surface area contributed by atoms with Gasteiger partial charge < -0.3 is 24.1 Å². The zero-order chi connectivity index (χ0) is 30.4. The molecule has 0 aromatic heterocycles. The van der Waals surface area contributed by atoms with Crippen LogP contribution in [0.4, 0.5) is 22.7 Å². The second kappa shape index (κ2) is 15.2. The third-order valence-corrected chi connectivity index (χ3v) is 8.72. The van der Waals surface area contributed by atoms with Crippen LogP contribution < -0.4 is 94.0 Å². The smallest absolute Gasteiger partial charge is 0.744 e. The molecule has 0 spiro atoms. The number of phenolic OH excluding ortho intramolecular Hbond substituents is 1. The molecule has 0 heterocycles. The van der Waals surface area contributed by atoms with E-state index in [4.69, 9.17) is 0 Å². The van der Waals surface area contributed by atoms with Gasteiger partial charge in [-0.25, -0.2) is 25.3 Å². The Morgan fingerprint density at radius 3 is 1.80 bits per heavy atom. The number of anilines is 2. The van der Waals surface area contributed by atoms with Gasteiger partial charge in [0.15, 0.2) is 0 Å². The van der Waals surface area contributed by atoms with Crippen molar-refractivity contribution in [2.24, 2.45) is 10.2 Å². The molecule has 0 fully saturated rings. The van der Waals surface area contributed by atoms with E-state index in [9.17, 15) is 44.0 Å². The molecule has 0 aliphatic heterocycles. The fourth-order valence-corrected chi connectivity index (χ4v) is 6.27. The van der Waals surface area contributed by atoms with E-state index in [-0.39, 0.29) is 111 Å². The minimum Gasteiger partial charge on any atom is -0.744 e. The molecule has 0 atom stereocenters. The minimum atomic E-state index is -5.21. The molecule has 5 aromatic carbocycles. The first-order valence-electron chi connectivity index (χ1n) is 11.6. The number of benzene rings is 5. The first-order chi connectivity index (χ1) is 19.6. The van der Waals surface area contributed by atoms with E-state index in [0.717, 1.165) is 24.3 Å². The monoisotopic (exact) mass is 695 g/mol. The summed E-state index contributed by atoms with van der Waals surface area (Å²) in [5.74, 6) is -0.604. The maximum Gasteiger partial charge on any atom is 1.00 e. The van der Waals surface area contributed by atoms with Gasteiger partial charge in [0.05, 0.1) is 31.4 Å². The van der Waals surface area contributed by atoms with E-state index in [0.29, 0.717) is 11.8 Å². The van der Waals surface area contributed by atoms with Gasteiger partial charge in [0.2, 0.25) is 0 Å². The topological polar surface area (TPSA) is 229 Å². The average molecular weight is 696 g/mol. The fraction of sp³-hybridized carbons (Fsp3) is 0. The van der Waals surface area contributed by atoms with Gasteiger partial charge in [-0.05, 0) is 54.6 Å². The van der Waals surface area contributed by atoms with Crippen LogP contribution in [0.2, 0.25) is 0 Å². The number of nitrogens with one attached hydrogen (secondary N) is 1. The van der Waals surface area contributed by atoms with Crippen LogP contribution in [0.25, 0.3) is 21.5 Å². The summed E-state index contributed by atoms with van der Waals surface area (Å²) in [4.78, 5) is -2.43. The third-order valence-electron chi connectivity index (χ3n) is 6.13. The molecular weight excluding hydrogens is 679 g/mol.